The van der Waals surface area contributed by atoms with Crippen LogP contribution in [0.4, 0.5) is 11.6 Å². The zero-order valence-electron chi connectivity index (χ0n) is 22.5. The number of hydrogen-bond donors (Lipinski definition) is 2. The maximum atomic E-state index is 12.8. The topological polar surface area (TPSA) is 134 Å². The lowest BCUT2D eigenvalue weighted by atomic mass is 9.78. The molecule has 3 rings (SSSR count). The van der Waals surface area contributed by atoms with Crippen LogP contribution >= 0.6 is 0 Å². The van der Waals surface area contributed by atoms with E-state index in [-0.39, 0.29) is 39.7 Å². The number of nitriles is 1. The number of carbonyl (C=O) groups excluding carboxylic acids is 1. The van der Waals surface area contributed by atoms with Crippen molar-refractivity contribution in [3.05, 3.63) is 71.5 Å². The fraction of sp³-hybridized carbons (Fsp3) is 0.357. The minimum Gasteiger partial charge on any atom is -0.483 e. The number of anilines is 2. The second-order valence-corrected chi connectivity index (χ2v) is 12.2. The van der Waals surface area contributed by atoms with E-state index in [4.69, 9.17) is 10.00 Å². The third kappa shape index (κ3) is 7.07. The van der Waals surface area contributed by atoms with E-state index < -0.39 is 15.9 Å². The molecular formula is C28H33N5O4S. The van der Waals surface area contributed by atoms with Crippen molar-refractivity contribution in [2.45, 2.75) is 63.7 Å². The van der Waals surface area contributed by atoms with Crippen LogP contribution in [0.2, 0.25) is 0 Å². The highest BCUT2D eigenvalue weighted by atomic mass is 32.2. The van der Waals surface area contributed by atoms with E-state index in [1.165, 1.54) is 36.0 Å². The fourth-order valence-corrected chi connectivity index (χ4v) is 4.57. The Morgan fingerprint density at radius 1 is 1.08 bits per heavy atom. The number of aromatic nitrogens is 2. The third-order valence-electron chi connectivity index (χ3n) is 6.24. The molecule has 0 saturated carbocycles. The highest BCUT2D eigenvalue weighted by Gasteiger charge is 2.26. The third-order valence-corrected chi connectivity index (χ3v) is 7.57. The Morgan fingerprint density at radius 3 is 2.47 bits per heavy atom. The molecule has 1 amide bonds. The van der Waals surface area contributed by atoms with Crippen LogP contribution in [0.1, 0.15) is 64.8 Å². The number of nitrogens with one attached hydrogen (secondary N) is 2. The molecule has 10 heteroatoms. The number of hydrogen-bond acceptors (Lipinski definition) is 7. The summed E-state index contributed by atoms with van der Waals surface area (Å²) in [5.41, 5.74) is 2.34. The molecule has 0 saturated heterocycles. The minimum absolute atomic E-state index is 0.0252. The monoisotopic (exact) mass is 535 g/mol. The molecular weight excluding hydrogens is 502 g/mol. The average molecular weight is 536 g/mol. The second-order valence-electron chi connectivity index (χ2n) is 10.5. The summed E-state index contributed by atoms with van der Waals surface area (Å²) in [6.45, 7) is 12.6. The number of amides is 1. The van der Waals surface area contributed by atoms with Crippen LogP contribution in [-0.2, 0) is 25.6 Å². The van der Waals surface area contributed by atoms with E-state index >= 15 is 0 Å². The smallest absolute Gasteiger partial charge is 0.264 e. The fourth-order valence-electron chi connectivity index (χ4n) is 3.57. The summed E-state index contributed by atoms with van der Waals surface area (Å²) < 4.78 is 33.8. The van der Waals surface area contributed by atoms with Gasteiger partial charge in [0.15, 0.2) is 6.61 Å². The van der Waals surface area contributed by atoms with Crippen LogP contribution in [0.25, 0.3) is 0 Å². The van der Waals surface area contributed by atoms with E-state index in [0.717, 1.165) is 12.0 Å². The van der Waals surface area contributed by atoms with Gasteiger partial charge in [-0.2, -0.15) is 5.26 Å². The van der Waals surface area contributed by atoms with Crippen molar-refractivity contribution >= 4 is 27.6 Å². The standard InChI is InChI=1S/C28H33N5O4S/c1-7-28(5,6)23-15-19(27(2,3)4)11-12-24(23)37-18-25(34)31-20-9-8-10-22(16-20)38(35,36)33-26-30-14-13-21(17-29)32-26/h8-16H,7,18H2,1-6H3,(H,31,34)(H,30,32,33). The molecule has 0 spiro atoms. The summed E-state index contributed by atoms with van der Waals surface area (Å²) >= 11 is 0. The summed E-state index contributed by atoms with van der Waals surface area (Å²) in [4.78, 5) is 20.3. The van der Waals surface area contributed by atoms with Crippen LogP contribution in [0.3, 0.4) is 0 Å². The molecule has 1 aromatic heterocycles. The Kier molecular flexibility index (Phi) is 8.42. The van der Waals surface area contributed by atoms with Gasteiger partial charge in [-0.25, -0.2) is 23.1 Å². The van der Waals surface area contributed by atoms with E-state index in [0.29, 0.717) is 5.75 Å². The van der Waals surface area contributed by atoms with Crippen molar-refractivity contribution in [1.29, 1.82) is 5.26 Å². The first-order chi connectivity index (χ1) is 17.7. The van der Waals surface area contributed by atoms with Crippen molar-refractivity contribution < 1.29 is 17.9 Å². The SMILES string of the molecule is CCC(C)(C)c1cc(C(C)(C)C)ccc1OCC(=O)Nc1cccc(S(=O)(=O)Nc2nccc(C#N)n2)c1. The normalized spacial score (nSPS) is 11.9. The summed E-state index contributed by atoms with van der Waals surface area (Å²) in [6, 6.07) is 15.0. The van der Waals surface area contributed by atoms with E-state index in [1.807, 2.05) is 18.2 Å². The van der Waals surface area contributed by atoms with Gasteiger partial charge in [0.05, 0.1) is 4.90 Å². The van der Waals surface area contributed by atoms with Gasteiger partial charge in [0.2, 0.25) is 5.95 Å². The zero-order valence-corrected chi connectivity index (χ0v) is 23.3. The van der Waals surface area contributed by atoms with Gasteiger partial charge in [-0.15, -0.1) is 0 Å². The lowest BCUT2D eigenvalue weighted by Crippen LogP contribution is -2.24. The van der Waals surface area contributed by atoms with Crippen LogP contribution in [0, 0.1) is 11.3 Å². The molecule has 0 atom stereocenters. The lowest BCUT2D eigenvalue weighted by Gasteiger charge is -2.29. The quantitative estimate of drug-likeness (QED) is 0.387. The number of sulfonamides is 1. The number of benzene rings is 2. The first-order valence-corrected chi connectivity index (χ1v) is 13.7. The van der Waals surface area contributed by atoms with E-state index in [2.05, 4.69) is 67.6 Å². The van der Waals surface area contributed by atoms with Crippen molar-refractivity contribution in [3.8, 4) is 11.8 Å². The van der Waals surface area contributed by atoms with Crippen molar-refractivity contribution in [1.82, 2.24) is 9.97 Å². The summed E-state index contributed by atoms with van der Waals surface area (Å²) in [7, 11) is -4.06. The number of nitrogens with zero attached hydrogens (tertiary/aromatic N) is 3. The Balaban J connectivity index is 1.74. The molecule has 0 aliphatic heterocycles. The van der Waals surface area contributed by atoms with Gasteiger partial charge in [0.1, 0.15) is 17.5 Å². The molecule has 1 heterocycles. The van der Waals surface area contributed by atoms with Crippen molar-refractivity contribution in [3.63, 3.8) is 0 Å². The van der Waals surface area contributed by atoms with Gasteiger partial charge in [0, 0.05) is 17.4 Å². The van der Waals surface area contributed by atoms with E-state index in [9.17, 15) is 13.2 Å². The molecule has 0 bridgehead atoms. The van der Waals surface area contributed by atoms with Crippen LogP contribution in [-0.4, -0.2) is 30.9 Å². The van der Waals surface area contributed by atoms with Gasteiger partial charge in [-0.05, 0) is 53.1 Å². The Hall–Kier alpha value is -3.97. The number of rotatable bonds is 9. The van der Waals surface area contributed by atoms with Crippen LogP contribution in [0.5, 0.6) is 5.75 Å². The molecule has 0 aliphatic carbocycles. The van der Waals surface area contributed by atoms with Gasteiger partial charge in [-0.3, -0.25) is 4.79 Å². The first kappa shape index (κ1) is 28.6. The predicted molar refractivity (Wildman–Crippen MR) is 147 cm³/mol. The highest BCUT2D eigenvalue weighted by molar-refractivity contribution is 7.92. The molecule has 2 aromatic carbocycles. The van der Waals surface area contributed by atoms with E-state index in [1.54, 1.807) is 6.07 Å². The zero-order chi connectivity index (χ0) is 28.1. The summed E-state index contributed by atoms with van der Waals surface area (Å²) in [5, 5.41) is 11.6. The Labute approximate surface area is 224 Å². The molecule has 38 heavy (non-hydrogen) atoms. The summed E-state index contributed by atoms with van der Waals surface area (Å²) in [6.07, 6.45) is 2.17. The maximum Gasteiger partial charge on any atom is 0.264 e. The molecule has 3 aromatic rings. The largest absolute Gasteiger partial charge is 0.483 e. The van der Waals surface area contributed by atoms with Gasteiger partial charge >= 0.3 is 0 Å². The van der Waals surface area contributed by atoms with Gasteiger partial charge < -0.3 is 10.1 Å². The number of carbonyl (C=O) groups is 1. The molecule has 9 nitrogen and oxygen atoms in total. The lowest BCUT2D eigenvalue weighted by molar-refractivity contribution is -0.118. The van der Waals surface area contributed by atoms with Crippen molar-refractivity contribution in [2.24, 2.45) is 0 Å². The van der Waals surface area contributed by atoms with Gasteiger partial charge in [-0.1, -0.05) is 59.7 Å². The molecule has 0 fully saturated rings. The van der Waals surface area contributed by atoms with Crippen molar-refractivity contribution in [2.75, 3.05) is 16.6 Å². The minimum atomic E-state index is -4.06. The average Bonchev–Trinajstić information content (AvgIpc) is 2.86. The first-order valence-electron chi connectivity index (χ1n) is 12.2. The predicted octanol–water partition coefficient (Wildman–Crippen LogP) is 5.15. The number of ether oxygens (including phenoxy) is 1. The van der Waals surface area contributed by atoms with Crippen LogP contribution < -0.4 is 14.8 Å². The Bertz CT molecular complexity index is 1470. The molecule has 0 aliphatic rings. The molecule has 0 radical (unpaired) electrons. The Morgan fingerprint density at radius 2 is 1.82 bits per heavy atom. The second kappa shape index (κ2) is 11.2. The maximum absolute atomic E-state index is 12.8. The van der Waals surface area contributed by atoms with Crippen LogP contribution in [0.15, 0.2) is 59.6 Å². The summed E-state index contributed by atoms with van der Waals surface area (Å²) in [5.74, 6) is -0.0204. The molecule has 2 N–H and O–H groups in total. The van der Waals surface area contributed by atoms with Gasteiger partial charge in [0.25, 0.3) is 15.9 Å². The highest BCUT2D eigenvalue weighted by Crippen LogP contribution is 2.37. The molecule has 0 unspecified atom stereocenters. The molecule has 200 valence electrons.